The van der Waals surface area contributed by atoms with E-state index in [9.17, 15) is 4.91 Å². The van der Waals surface area contributed by atoms with Crippen LogP contribution in [0.3, 0.4) is 0 Å². The van der Waals surface area contributed by atoms with Gasteiger partial charge in [0.25, 0.3) is 5.69 Å². The molecule has 2 nitrogen and oxygen atoms in total. The lowest BCUT2D eigenvalue weighted by Gasteiger charge is -1.99. The Hall–Kier alpha value is -1.15. The molecule has 0 fully saturated rings. The summed E-state index contributed by atoms with van der Waals surface area (Å²) in [5.41, 5.74) is 1.88. The van der Waals surface area contributed by atoms with Crippen molar-refractivity contribution in [1.29, 1.82) is 0 Å². The van der Waals surface area contributed by atoms with Crippen molar-refractivity contribution in [1.82, 2.24) is 0 Å². The van der Waals surface area contributed by atoms with Gasteiger partial charge in [0.1, 0.15) is 0 Å². The molecule has 1 heterocycles. The number of hydrogen-bond acceptors (Lipinski definition) is 1. The lowest BCUT2D eigenvalue weighted by atomic mass is 10.1. The zero-order chi connectivity index (χ0) is 7.68. The van der Waals surface area contributed by atoms with Crippen LogP contribution in [0.1, 0.15) is 5.56 Å². The summed E-state index contributed by atoms with van der Waals surface area (Å²) >= 11 is 0. The van der Waals surface area contributed by atoms with Crippen LogP contribution in [0.4, 0.5) is 5.69 Å². The molecule has 1 aromatic rings. The molecule has 12 heavy (non-hydrogen) atoms. The van der Waals surface area contributed by atoms with Crippen molar-refractivity contribution in [2.75, 3.05) is 0 Å². The summed E-state index contributed by atoms with van der Waals surface area (Å²) in [4.78, 5) is 11.1. The van der Waals surface area contributed by atoms with Crippen molar-refractivity contribution >= 4 is 18.1 Å². The summed E-state index contributed by atoms with van der Waals surface area (Å²) < 4.78 is 0.902. The van der Waals surface area contributed by atoms with Crippen molar-refractivity contribution in [2.24, 2.45) is 0 Å². The van der Waals surface area contributed by atoms with Crippen molar-refractivity contribution in [2.45, 2.75) is 6.42 Å². The van der Waals surface area contributed by atoms with E-state index in [0.29, 0.717) is 0 Å². The first-order valence-electron chi connectivity index (χ1n) is 3.59. The van der Waals surface area contributed by atoms with Crippen LogP contribution in [-0.4, -0.2) is 4.76 Å². The van der Waals surface area contributed by atoms with Crippen molar-refractivity contribution in [3.05, 3.63) is 47.0 Å². The number of allylic oxidation sites excluding steroid dienone is 1. The first-order chi connectivity index (χ1) is 5.38. The summed E-state index contributed by atoms with van der Waals surface area (Å²) in [5.74, 6) is 0. The standard InChI is InChI=1S/C9H8NO.ClH/c11-10-7-3-5-8-4-1-2-6-9(8)10;/h1-4,6-7H,5H2;1H/q+1;. The molecule has 0 bridgehead atoms. The van der Waals surface area contributed by atoms with Gasteiger partial charge in [0.2, 0.25) is 6.20 Å². The van der Waals surface area contributed by atoms with Crippen molar-refractivity contribution in [3.63, 3.8) is 0 Å². The Morgan fingerprint density at radius 2 is 2.00 bits per heavy atom. The summed E-state index contributed by atoms with van der Waals surface area (Å²) in [5, 5.41) is 0. The molecule has 3 heteroatoms. The molecule has 0 aromatic heterocycles. The number of para-hydroxylation sites is 1. The molecule has 0 saturated heterocycles. The maximum Gasteiger partial charge on any atom is 0.266 e. The van der Waals surface area contributed by atoms with Gasteiger partial charge in [-0.05, 0) is 6.08 Å². The third kappa shape index (κ3) is 1.38. The average molecular weight is 183 g/mol. The molecule has 0 unspecified atom stereocenters. The third-order valence-electron chi connectivity index (χ3n) is 1.81. The van der Waals surface area contributed by atoms with E-state index < -0.39 is 0 Å². The number of nitroso groups, excluding NO2 is 1. The van der Waals surface area contributed by atoms with Crippen LogP contribution in [0.5, 0.6) is 0 Å². The molecule has 1 aliphatic heterocycles. The minimum Gasteiger partial charge on any atom is -0.147 e. The van der Waals surface area contributed by atoms with Crippen molar-refractivity contribution < 1.29 is 4.76 Å². The first-order valence-corrected chi connectivity index (χ1v) is 3.59. The number of fused-ring (bicyclic) bond motifs is 1. The van der Waals surface area contributed by atoms with Gasteiger partial charge in [-0.1, -0.05) is 18.2 Å². The van der Waals surface area contributed by atoms with Gasteiger partial charge in [-0.2, -0.15) is 0 Å². The number of nitrogens with zero attached hydrogens (tertiary/aromatic N) is 1. The van der Waals surface area contributed by atoms with E-state index in [1.165, 1.54) is 0 Å². The molecule has 0 spiro atoms. The van der Waals surface area contributed by atoms with Gasteiger partial charge in [0.15, 0.2) is 0 Å². The third-order valence-corrected chi connectivity index (χ3v) is 1.81. The molecule has 1 aromatic carbocycles. The van der Waals surface area contributed by atoms with Gasteiger partial charge >= 0.3 is 0 Å². The molecular formula is C9H9ClNO+. The predicted octanol–water partition coefficient (Wildman–Crippen LogP) is 2.59. The normalized spacial score (nSPS) is 13.5. The molecule has 0 radical (unpaired) electrons. The fraction of sp³-hybridized carbons (Fsp3) is 0.111. The maximum atomic E-state index is 11.1. The Balaban J connectivity index is 0.000000720. The summed E-state index contributed by atoms with van der Waals surface area (Å²) in [6.45, 7) is 0. The van der Waals surface area contributed by atoms with Crippen LogP contribution < -0.4 is 0 Å². The number of halogens is 1. The van der Waals surface area contributed by atoms with Crippen LogP contribution in [0.2, 0.25) is 0 Å². The summed E-state index contributed by atoms with van der Waals surface area (Å²) in [6.07, 6.45) is 4.30. The Morgan fingerprint density at radius 3 is 2.75 bits per heavy atom. The highest BCUT2D eigenvalue weighted by Gasteiger charge is 2.18. The molecular weight excluding hydrogens is 174 g/mol. The topological polar surface area (TPSA) is 20.1 Å². The largest absolute Gasteiger partial charge is 0.266 e. The second-order valence-electron chi connectivity index (χ2n) is 2.54. The monoisotopic (exact) mass is 182 g/mol. The zero-order valence-corrected chi connectivity index (χ0v) is 7.25. The van der Waals surface area contributed by atoms with Crippen LogP contribution >= 0.6 is 12.4 Å². The molecule has 0 saturated carbocycles. The summed E-state index contributed by atoms with van der Waals surface area (Å²) in [6, 6.07) is 7.64. The molecule has 0 atom stereocenters. The molecule has 62 valence electrons. The maximum absolute atomic E-state index is 11.1. The highest BCUT2D eigenvalue weighted by Crippen LogP contribution is 2.22. The average Bonchev–Trinajstić information content (AvgIpc) is 2.06. The minimum absolute atomic E-state index is 0. The zero-order valence-electron chi connectivity index (χ0n) is 6.43. The Bertz CT molecular complexity index is 333. The van der Waals surface area contributed by atoms with E-state index in [0.717, 1.165) is 22.4 Å². The van der Waals surface area contributed by atoms with Crippen LogP contribution in [0.25, 0.3) is 0 Å². The Kier molecular flexibility index (Phi) is 2.61. The van der Waals surface area contributed by atoms with Gasteiger partial charge in [-0.3, -0.25) is 0 Å². The fourth-order valence-corrected chi connectivity index (χ4v) is 1.25. The second kappa shape index (κ2) is 3.50. The molecule has 0 N–H and O–H groups in total. The number of rotatable bonds is 0. The van der Waals surface area contributed by atoms with Gasteiger partial charge in [-0.15, -0.1) is 12.4 Å². The van der Waals surface area contributed by atoms with Crippen LogP contribution in [0, 0.1) is 4.91 Å². The van der Waals surface area contributed by atoms with Gasteiger partial charge < -0.3 is 0 Å². The van der Waals surface area contributed by atoms with E-state index in [1.54, 1.807) is 6.20 Å². The van der Waals surface area contributed by atoms with Gasteiger partial charge in [0, 0.05) is 23.0 Å². The predicted molar refractivity (Wildman–Crippen MR) is 49.8 cm³/mol. The lowest BCUT2D eigenvalue weighted by molar-refractivity contribution is -0.387. The van der Waals surface area contributed by atoms with E-state index in [4.69, 9.17) is 0 Å². The Morgan fingerprint density at radius 1 is 1.25 bits per heavy atom. The van der Waals surface area contributed by atoms with Gasteiger partial charge in [0.05, 0.1) is 4.76 Å². The van der Waals surface area contributed by atoms with Crippen LogP contribution in [0.15, 0.2) is 36.5 Å². The molecule has 2 rings (SSSR count). The van der Waals surface area contributed by atoms with E-state index >= 15 is 0 Å². The van der Waals surface area contributed by atoms with Gasteiger partial charge in [-0.25, -0.2) is 0 Å². The highest BCUT2D eigenvalue weighted by atomic mass is 35.5. The van der Waals surface area contributed by atoms with Crippen LogP contribution in [-0.2, 0) is 6.42 Å². The van der Waals surface area contributed by atoms with Crippen molar-refractivity contribution in [3.8, 4) is 0 Å². The van der Waals surface area contributed by atoms with E-state index in [2.05, 4.69) is 0 Å². The Labute approximate surface area is 76.9 Å². The first kappa shape index (κ1) is 8.94. The fourth-order valence-electron chi connectivity index (χ4n) is 1.25. The SMILES string of the molecule is Cl.O=[N+]1C=CCc2ccccc21. The highest BCUT2D eigenvalue weighted by molar-refractivity contribution is 5.85. The molecule has 1 aliphatic rings. The summed E-state index contributed by atoms with van der Waals surface area (Å²) in [7, 11) is 0. The lowest BCUT2D eigenvalue weighted by Crippen LogP contribution is -1.99. The van der Waals surface area contributed by atoms with E-state index in [-0.39, 0.29) is 12.4 Å². The number of hydrogen-bond donors (Lipinski definition) is 0. The molecule has 0 amide bonds. The smallest absolute Gasteiger partial charge is 0.147 e. The second-order valence-corrected chi connectivity index (χ2v) is 2.54. The molecule has 0 aliphatic carbocycles. The minimum atomic E-state index is 0. The number of benzene rings is 1. The quantitative estimate of drug-likeness (QED) is 0.565. The van der Waals surface area contributed by atoms with E-state index in [1.807, 2.05) is 30.3 Å².